The summed E-state index contributed by atoms with van der Waals surface area (Å²) in [6.45, 7) is 2.22. The molecule has 1 heterocycles. The summed E-state index contributed by atoms with van der Waals surface area (Å²) in [5.74, 6) is 1.80. The first-order valence-corrected chi connectivity index (χ1v) is 7.54. The van der Waals surface area contributed by atoms with Crippen molar-refractivity contribution in [3.8, 4) is 23.0 Å². The Morgan fingerprint density at radius 2 is 2.00 bits per heavy atom. The van der Waals surface area contributed by atoms with E-state index >= 15 is 0 Å². The molecule has 0 aliphatic heterocycles. The van der Waals surface area contributed by atoms with Gasteiger partial charge in [-0.25, -0.2) is 0 Å². The second kappa shape index (κ2) is 5.76. The number of benzene rings is 1. The predicted molar refractivity (Wildman–Crippen MR) is 78.1 cm³/mol. The zero-order valence-corrected chi connectivity index (χ0v) is 12.1. The molecule has 2 unspecified atom stereocenters. The van der Waals surface area contributed by atoms with Crippen molar-refractivity contribution >= 4 is 0 Å². The maximum atomic E-state index is 9.86. The molecule has 2 N–H and O–H groups in total. The summed E-state index contributed by atoms with van der Waals surface area (Å²) in [6.07, 6.45) is 5.80. The second-order valence-electron chi connectivity index (χ2n) is 5.77. The van der Waals surface area contributed by atoms with Crippen molar-refractivity contribution in [1.82, 2.24) is 10.1 Å². The zero-order valence-electron chi connectivity index (χ0n) is 12.1. The van der Waals surface area contributed by atoms with Crippen molar-refractivity contribution in [2.45, 2.75) is 44.9 Å². The zero-order chi connectivity index (χ0) is 14.8. The van der Waals surface area contributed by atoms with Gasteiger partial charge in [-0.05, 0) is 30.9 Å². The molecule has 0 spiro atoms. The van der Waals surface area contributed by atoms with Gasteiger partial charge in [0, 0.05) is 5.92 Å². The summed E-state index contributed by atoms with van der Waals surface area (Å²) in [4.78, 5) is 4.40. The quantitative estimate of drug-likeness (QED) is 0.897. The van der Waals surface area contributed by atoms with E-state index in [2.05, 4.69) is 17.1 Å². The van der Waals surface area contributed by atoms with Gasteiger partial charge < -0.3 is 14.7 Å². The minimum absolute atomic E-state index is 0.0553. The van der Waals surface area contributed by atoms with E-state index in [9.17, 15) is 10.2 Å². The lowest BCUT2D eigenvalue weighted by atomic mass is 9.80. The van der Waals surface area contributed by atoms with Crippen LogP contribution < -0.4 is 0 Å². The summed E-state index contributed by atoms with van der Waals surface area (Å²) in [5, 5.41) is 23.8. The molecule has 1 aliphatic carbocycles. The molecule has 112 valence electrons. The fraction of sp³-hybridized carbons (Fsp3) is 0.500. The van der Waals surface area contributed by atoms with Crippen LogP contribution in [0, 0.1) is 5.92 Å². The van der Waals surface area contributed by atoms with Crippen LogP contribution in [-0.2, 0) is 0 Å². The van der Waals surface area contributed by atoms with Gasteiger partial charge in [0.1, 0.15) is 17.1 Å². The third kappa shape index (κ3) is 2.73. The van der Waals surface area contributed by atoms with Gasteiger partial charge in [0.15, 0.2) is 5.82 Å². The average Bonchev–Trinajstić information content (AvgIpc) is 2.97. The van der Waals surface area contributed by atoms with Crippen molar-refractivity contribution in [3.63, 3.8) is 0 Å². The van der Waals surface area contributed by atoms with Crippen molar-refractivity contribution in [2.24, 2.45) is 5.92 Å². The Kier molecular flexibility index (Phi) is 3.82. The smallest absolute Gasteiger partial charge is 0.265 e. The van der Waals surface area contributed by atoms with Crippen LogP contribution in [0.15, 0.2) is 22.7 Å². The van der Waals surface area contributed by atoms with Crippen LogP contribution in [0.3, 0.4) is 0 Å². The summed E-state index contributed by atoms with van der Waals surface area (Å²) >= 11 is 0. The third-order valence-corrected chi connectivity index (χ3v) is 4.40. The van der Waals surface area contributed by atoms with Gasteiger partial charge in [-0.2, -0.15) is 4.98 Å². The maximum Gasteiger partial charge on any atom is 0.265 e. The highest BCUT2D eigenvalue weighted by Gasteiger charge is 2.27. The number of aromatic hydroxyl groups is 2. The Bertz CT molecular complexity index is 603. The molecule has 3 rings (SSSR count). The third-order valence-electron chi connectivity index (χ3n) is 4.40. The molecule has 1 aromatic heterocycles. The number of phenols is 2. The number of hydrogen-bond donors (Lipinski definition) is 2. The maximum absolute atomic E-state index is 9.86. The summed E-state index contributed by atoms with van der Waals surface area (Å²) in [6, 6.07) is 4.55. The molecule has 2 aromatic rings. The van der Waals surface area contributed by atoms with Crippen LogP contribution >= 0.6 is 0 Å². The predicted octanol–water partition coefficient (Wildman–Crippen LogP) is 3.83. The SMILES string of the molecule is CCC1CCCC(c2noc(-c3c(O)cccc3O)n2)C1. The Morgan fingerprint density at radius 1 is 1.24 bits per heavy atom. The Labute approximate surface area is 123 Å². The van der Waals surface area contributed by atoms with Crippen LogP contribution in [-0.4, -0.2) is 20.4 Å². The van der Waals surface area contributed by atoms with Crippen LogP contribution in [0.25, 0.3) is 11.5 Å². The first-order chi connectivity index (χ1) is 10.2. The van der Waals surface area contributed by atoms with Crippen molar-refractivity contribution < 1.29 is 14.7 Å². The molecule has 0 radical (unpaired) electrons. The van der Waals surface area contributed by atoms with Gasteiger partial charge in [-0.3, -0.25) is 0 Å². The number of aromatic nitrogens is 2. The highest BCUT2D eigenvalue weighted by molar-refractivity contribution is 5.69. The van der Waals surface area contributed by atoms with Gasteiger partial charge in [0.2, 0.25) is 0 Å². The van der Waals surface area contributed by atoms with E-state index < -0.39 is 0 Å². The van der Waals surface area contributed by atoms with Crippen molar-refractivity contribution in [2.75, 3.05) is 0 Å². The molecule has 0 bridgehead atoms. The molecule has 5 heteroatoms. The molecule has 21 heavy (non-hydrogen) atoms. The number of hydrogen-bond acceptors (Lipinski definition) is 5. The van der Waals surface area contributed by atoms with Crippen LogP contribution in [0.1, 0.15) is 50.8 Å². The van der Waals surface area contributed by atoms with E-state index in [4.69, 9.17) is 4.52 Å². The molecule has 1 fully saturated rings. The highest BCUT2D eigenvalue weighted by atomic mass is 16.5. The standard InChI is InChI=1S/C16H20N2O3/c1-2-10-5-3-6-11(9-10)15-17-16(21-18-15)14-12(19)7-4-8-13(14)20/h4,7-8,10-11,19-20H,2-3,5-6,9H2,1H3. The van der Waals surface area contributed by atoms with Crippen LogP contribution in [0.2, 0.25) is 0 Å². The molecule has 1 aliphatic rings. The fourth-order valence-corrected chi connectivity index (χ4v) is 3.15. The Morgan fingerprint density at radius 3 is 2.71 bits per heavy atom. The molecular formula is C16H20N2O3. The van der Waals surface area contributed by atoms with Gasteiger partial charge >= 0.3 is 0 Å². The van der Waals surface area contributed by atoms with E-state index in [0.717, 1.165) is 18.8 Å². The molecule has 0 amide bonds. The van der Waals surface area contributed by atoms with E-state index in [0.29, 0.717) is 11.7 Å². The molecule has 0 saturated heterocycles. The number of phenolic OH excluding ortho intramolecular Hbond substituents is 2. The van der Waals surface area contributed by atoms with E-state index in [-0.39, 0.29) is 23.0 Å². The number of rotatable bonds is 3. The van der Waals surface area contributed by atoms with Crippen LogP contribution in [0.5, 0.6) is 11.5 Å². The minimum atomic E-state index is -0.0553. The van der Waals surface area contributed by atoms with Gasteiger partial charge in [0.05, 0.1) is 0 Å². The second-order valence-corrected chi connectivity index (χ2v) is 5.77. The van der Waals surface area contributed by atoms with Gasteiger partial charge in [-0.15, -0.1) is 0 Å². The summed E-state index contributed by atoms with van der Waals surface area (Å²) < 4.78 is 5.25. The molecule has 2 atom stereocenters. The first kappa shape index (κ1) is 13.9. The largest absolute Gasteiger partial charge is 0.507 e. The monoisotopic (exact) mass is 288 g/mol. The normalized spacial score (nSPS) is 22.3. The van der Waals surface area contributed by atoms with E-state index in [1.807, 2.05) is 0 Å². The molecule has 1 saturated carbocycles. The van der Waals surface area contributed by atoms with Crippen LogP contribution in [0.4, 0.5) is 0 Å². The van der Waals surface area contributed by atoms with Crippen molar-refractivity contribution in [3.05, 3.63) is 24.0 Å². The molecular weight excluding hydrogens is 268 g/mol. The average molecular weight is 288 g/mol. The number of nitrogens with zero attached hydrogens (tertiary/aromatic N) is 2. The van der Waals surface area contributed by atoms with Gasteiger partial charge in [0.25, 0.3) is 5.89 Å². The molecule has 5 nitrogen and oxygen atoms in total. The fourth-order valence-electron chi connectivity index (χ4n) is 3.15. The Balaban J connectivity index is 1.86. The van der Waals surface area contributed by atoms with E-state index in [1.54, 1.807) is 6.07 Å². The minimum Gasteiger partial charge on any atom is -0.507 e. The lowest BCUT2D eigenvalue weighted by Crippen LogP contribution is -2.14. The van der Waals surface area contributed by atoms with E-state index in [1.165, 1.54) is 31.4 Å². The lowest BCUT2D eigenvalue weighted by Gasteiger charge is -2.26. The summed E-state index contributed by atoms with van der Waals surface area (Å²) in [7, 11) is 0. The van der Waals surface area contributed by atoms with Crippen molar-refractivity contribution in [1.29, 1.82) is 0 Å². The topological polar surface area (TPSA) is 79.4 Å². The highest BCUT2D eigenvalue weighted by Crippen LogP contribution is 2.39. The molecule has 1 aromatic carbocycles. The first-order valence-electron chi connectivity index (χ1n) is 7.54. The Hall–Kier alpha value is -2.04. The lowest BCUT2D eigenvalue weighted by molar-refractivity contribution is 0.300. The van der Waals surface area contributed by atoms with Gasteiger partial charge in [-0.1, -0.05) is 37.4 Å². The summed E-state index contributed by atoms with van der Waals surface area (Å²) in [5.41, 5.74) is 0.208.